The smallest absolute Gasteiger partial charge is 0.231 e. The van der Waals surface area contributed by atoms with Crippen molar-refractivity contribution in [1.29, 1.82) is 0 Å². The number of amides is 1. The summed E-state index contributed by atoms with van der Waals surface area (Å²) in [7, 11) is 3.07. The Morgan fingerprint density at radius 3 is 2.57 bits per heavy atom. The molecule has 0 aromatic heterocycles. The van der Waals surface area contributed by atoms with Gasteiger partial charge in [0.1, 0.15) is 17.2 Å². The minimum atomic E-state index is -0.408. The van der Waals surface area contributed by atoms with Crippen molar-refractivity contribution in [1.82, 2.24) is 4.90 Å². The number of phenols is 1. The normalized spacial score (nSPS) is 16.3. The molecule has 4 rings (SSSR count). The molecule has 2 heterocycles. The Morgan fingerprint density at radius 2 is 1.83 bits per heavy atom. The number of ether oxygens (including phenoxy) is 4. The number of hydrogen-bond acceptors (Lipinski definition) is 6. The van der Waals surface area contributed by atoms with Gasteiger partial charge in [0.25, 0.3) is 0 Å². The van der Waals surface area contributed by atoms with E-state index in [1.807, 2.05) is 23.1 Å². The van der Waals surface area contributed by atoms with Crippen LogP contribution in [-0.4, -0.2) is 50.0 Å². The van der Waals surface area contributed by atoms with Crippen LogP contribution >= 0.6 is 0 Å². The van der Waals surface area contributed by atoms with E-state index >= 15 is 0 Å². The van der Waals surface area contributed by atoms with Crippen LogP contribution in [0.15, 0.2) is 30.3 Å². The van der Waals surface area contributed by atoms with Crippen molar-refractivity contribution >= 4 is 5.91 Å². The Bertz CT molecular complexity index is 922. The molecule has 1 atom stereocenters. The molecule has 1 amide bonds. The molecule has 0 unspecified atom stereocenters. The molecule has 2 aromatic rings. The number of methoxy groups -OCH3 is 2. The second-order valence-corrected chi connectivity index (χ2v) is 7.57. The second-order valence-electron chi connectivity index (χ2n) is 7.57. The van der Waals surface area contributed by atoms with Gasteiger partial charge in [0.15, 0.2) is 11.5 Å². The molecule has 1 saturated heterocycles. The van der Waals surface area contributed by atoms with E-state index in [1.165, 1.54) is 7.11 Å². The van der Waals surface area contributed by atoms with Crippen LogP contribution in [0.5, 0.6) is 28.7 Å². The maximum absolute atomic E-state index is 13.1. The highest BCUT2D eigenvalue weighted by molar-refractivity contribution is 5.78. The first-order valence-electron chi connectivity index (χ1n) is 10.2. The van der Waals surface area contributed by atoms with Crippen LogP contribution in [0, 0.1) is 0 Å². The summed E-state index contributed by atoms with van der Waals surface area (Å²) in [5.41, 5.74) is 1.41. The number of benzene rings is 2. The lowest BCUT2D eigenvalue weighted by Gasteiger charge is -2.29. The van der Waals surface area contributed by atoms with Crippen LogP contribution in [0.2, 0.25) is 0 Å². The lowest BCUT2D eigenvalue weighted by Crippen LogP contribution is -2.36. The van der Waals surface area contributed by atoms with Gasteiger partial charge < -0.3 is 29.0 Å². The number of nitrogens with zero attached hydrogens (tertiary/aromatic N) is 1. The molecule has 2 aliphatic heterocycles. The van der Waals surface area contributed by atoms with E-state index in [0.717, 1.165) is 37.9 Å². The molecule has 0 aliphatic carbocycles. The van der Waals surface area contributed by atoms with Gasteiger partial charge in [-0.3, -0.25) is 4.79 Å². The fourth-order valence-corrected chi connectivity index (χ4v) is 4.19. The number of carbonyl (C=O) groups excluding carboxylic acids is 1. The summed E-state index contributed by atoms with van der Waals surface area (Å²) < 4.78 is 21.8. The topological polar surface area (TPSA) is 77.5 Å². The summed E-state index contributed by atoms with van der Waals surface area (Å²) >= 11 is 0. The average Bonchev–Trinajstić information content (AvgIpc) is 3.25. The minimum absolute atomic E-state index is 0.0281. The Labute approximate surface area is 176 Å². The predicted molar refractivity (Wildman–Crippen MR) is 111 cm³/mol. The van der Waals surface area contributed by atoms with Crippen molar-refractivity contribution in [2.45, 2.75) is 31.6 Å². The molecular weight excluding hydrogens is 386 g/mol. The van der Waals surface area contributed by atoms with E-state index in [4.69, 9.17) is 18.9 Å². The lowest BCUT2D eigenvalue weighted by molar-refractivity contribution is -0.132. The van der Waals surface area contributed by atoms with E-state index in [-0.39, 0.29) is 24.9 Å². The van der Waals surface area contributed by atoms with E-state index in [2.05, 4.69) is 0 Å². The van der Waals surface area contributed by atoms with Gasteiger partial charge in [-0.25, -0.2) is 0 Å². The molecule has 2 aromatic carbocycles. The highest BCUT2D eigenvalue weighted by atomic mass is 16.7. The van der Waals surface area contributed by atoms with Crippen molar-refractivity contribution in [2.75, 3.05) is 34.1 Å². The number of carbonyl (C=O) groups is 1. The Kier molecular flexibility index (Phi) is 5.88. The lowest BCUT2D eigenvalue weighted by atomic mass is 9.86. The first kappa shape index (κ1) is 20.2. The molecule has 0 spiro atoms. The number of aromatic hydroxyl groups is 1. The molecule has 0 bridgehead atoms. The first-order valence-corrected chi connectivity index (χ1v) is 10.2. The Morgan fingerprint density at radius 1 is 1.07 bits per heavy atom. The second kappa shape index (κ2) is 8.73. The summed E-state index contributed by atoms with van der Waals surface area (Å²) in [4.78, 5) is 15.1. The fraction of sp³-hybridized carbons (Fsp3) is 0.435. The molecule has 30 heavy (non-hydrogen) atoms. The van der Waals surface area contributed by atoms with Crippen LogP contribution in [0.25, 0.3) is 0 Å². The van der Waals surface area contributed by atoms with Gasteiger partial charge in [-0.15, -0.1) is 0 Å². The molecule has 1 fully saturated rings. The van der Waals surface area contributed by atoms with Gasteiger partial charge in [-0.05, 0) is 37.0 Å². The molecular formula is C23H27NO6. The van der Waals surface area contributed by atoms with E-state index < -0.39 is 5.92 Å². The van der Waals surface area contributed by atoms with Gasteiger partial charge in [-0.1, -0.05) is 6.07 Å². The summed E-state index contributed by atoms with van der Waals surface area (Å²) in [6, 6.07) is 8.89. The molecule has 2 aliphatic rings. The van der Waals surface area contributed by atoms with Crippen molar-refractivity contribution in [3.05, 3.63) is 41.5 Å². The first-order chi connectivity index (χ1) is 14.6. The third-order valence-electron chi connectivity index (χ3n) is 5.78. The highest BCUT2D eigenvalue weighted by Gasteiger charge is 2.29. The Balaban J connectivity index is 1.75. The number of likely N-dealkylation sites (tertiary alicyclic amines) is 1. The van der Waals surface area contributed by atoms with Crippen molar-refractivity contribution in [2.24, 2.45) is 0 Å². The zero-order valence-corrected chi connectivity index (χ0v) is 17.3. The third kappa shape index (κ3) is 3.97. The summed E-state index contributed by atoms with van der Waals surface area (Å²) in [5.74, 6) is 1.95. The van der Waals surface area contributed by atoms with E-state index in [9.17, 15) is 9.90 Å². The maximum atomic E-state index is 13.1. The number of piperidine rings is 1. The van der Waals surface area contributed by atoms with Crippen molar-refractivity contribution in [3.63, 3.8) is 0 Å². The summed E-state index contributed by atoms with van der Waals surface area (Å²) in [5, 5.41) is 10.8. The zero-order chi connectivity index (χ0) is 21.1. The van der Waals surface area contributed by atoms with E-state index in [0.29, 0.717) is 28.6 Å². The summed E-state index contributed by atoms with van der Waals surface area (Å²) in [6.45, 7) is 1.73. The number of phenolic OH excluding ortho intramolecular Hbond substituents is 1. The SMILES string of the molecule is COc1cc(O)c([C@H](CC(=O)N2CCCCC2)c2ccc3c(c2)OCO3)c(OC)c1. The van der Waals surface area contributed by atoms with Crippen LogP contribution in [0.4, 0.5) is 0 Å². The van der Waals surface area contributed by atoms with Crippen molar-refractivity contribution < 1.29 is 28.8 Å². The largest absolute Gasteiger partial charge is 0.507 e. The van der Waals surface area contributed by atoms with Crippen LogP contribution in [0.3, 0.4) is 0 Å². The van der Waals surface area contributed by atoms with Crippen LogP contribution < -0.4 is 18.9 Å². The van der Waals surface area contributed by atoms with Crippen molar-refractivity contribution in [3.8, 4) is 28.7 Å². The van der Waals surface area contributed by atoms with Gasteiger partial charge in [0.2, 0.25) is 12.7 Å². The molecule has 1 N–H and O–H groups in total. The zero-order valence-electron chi connectivity index (χ0n) is 17.3. The fourth-order valence-electron chi connectivity index (χ4n) is 4.19. The predicted octanol–water partition coefficient (Wildman–Crippen LogP) is 3.67. The number of rotatable bonds is 6. The monoisotopic (exact) mass is 413 g/mol. The molecule has 7 nitrogen and oxygen atoms in total. The average molecular weight is 413 g/mol. The minimum Gasteiger partial charge on any atom is -0.507 e. The standard InChI is InChI=1S/C23H27NO6/c1-27-16-11-18(25)23(21(12-16)28-2)17(13-22(26)24-8-4-3-5-9-24)15-6-7-19-20(10-15)30-14-29-19/h6-7,10-12,17,25H,3-5,8-9,13-14H2,1-2H3/t17-/m1/s1. The van der Waals surface area contributed by atoms with Crippen LogP contribution in [0.1, 0.15) is 42.7 Å². The maximum Gasteiger partial charge on any atom is 0.231 e. The Hall–Kier alpha value is -3.09. The molecule has 0 saturated carbocycles. The molecule has 160 valence electrons. The van der Waals surface area contributed by atoms with E-state index in [1.54, 1.807) is 19.2 Å². The van der Waals surface area contributed by atoms with Gasteiger partial charge in [0, 0.05) is 43.1 Å². The number of fused-ring (bicyclic) bond motifs is 1. The van der Waals surface area contributed by atoms with Gasteiger partial charge in [-0.2, -0.15) is 0 Å². The van der Waals surface area contributed by atoms with Gasteiger partial charge in [0.05, 0.1) is 14.2 Å². The quantitative estimate of drug-likeness (QED) is 0.779. The number of hydrogen-bond donors (Lipinski definition) is 1. The molecule has 0 radical (unpaired) electrons. The third-order valence-corrected chi connectivity index (χ3v) is 5.78. The summed E-state index contributed by atoms with van der Waals surface area (Å²) in [6.07, 6.45) is 3.42. The van der Waals surface area contributed by atoms with Crippen LogP contribution in [-0.2, 0) is 4.79 Å². The highest BCUT2D eigenvalue weighted by Crippen LogP contribution is 2.45. The molecule has 7 heteroatoms. The van der Waals surface area contributed by atoms with Gasteiger partial charge >= 0.3 is 0 Å².